The Morgan fingerprint density at radius 2 is 1.62 bits per heavy atom. The summed E-state index contributed by atoms with van der Waals surface area (Å²) in [5, 5.41) is 20.6. The maximum atomic E-state index is 14.6. The van der Waals surface area contributed by atoms with E-state index in [1.165, 1.54) is 28.2 Å². The molecule has 1 saturated heterocycles. The third kappa shape index (κ3) is 6.41. The number of hydrogen-bond donors (Lipinski definition) is 0. The molecule has 0 N–H and O–H groups in total. The number of halogens is 1. The van der Waals surface area contributed by atoms with E-state index in [4.69, 9.17) is 4.74 Å². The van der Waals surface area contributed by atoms with Crippen LogP contribution >= 0.6 is 27.7 Å². The Morgan fingerprint density at radius 1 is 0.936 bits per heavy atom. The molecule has 0 saturated carbocycles. The molecule has 1 fully saturated rings. The lowest BCUT2D eigenvalue weighted by atomic mass is 9.87. The molecule has 2 heterocycles. The molecule has 0 spiro atoms. The number of sulfonamides is 1. The lowest BCUT2D eigenvalue weighted by Crippen LogP contribution is -2.42. The molecule has 47 heavy (non-hydrogen) atoms. The number of benzene rings is 4. The van der Waals surface area contributed by atoms with Crippen molar-refractivity contribution in [3.05, 3.63) is 124 Å². The summed E-state index contributed by atoms with van der Waals surface area (Å²) < 4.78 is 35.2. The molecule has 2 aliphatic heterocycles. The van der Waals surface area contributed by atoms with E-state index in [0.29, 0.717) is 42.1 Å². The van der Waals surface area contributed by atoms with Crippen molar-refractivity contribution in [1.82, 2.24) is 4.31 Å². The highest BCUT2D eigenvalue weighted by molar-refractivity contribution is 9.10. The van der Waals surface area contributed by atoms with Gasteiger partial charge >= 0.3 is 0 Å². The normalized spacial score (nSPS) is 19.4. The van der Waals surface area contributed by atoms with Crippen LogP contribution in [0.1, 0.15) is 29.5 Å². The summed E-state index contributed by atoms with van der Waals surface area (Å²) in [6.45, 7) is 0.729. The van der Waals surface area contributed by atoms with Gasteiger partial charge in [-0.15, -0.1) is 11.8 Å². The minimum absolute atomic E-state index is 0.0143. The number of ether oxygens (including phenoxy) is 1. The van der Waals surface area contributed by atoms with Crippen LogP contribution in [0.2, 0.25) is 0 Å². The smallest absolute Gasteiger partial charge is 0.250 e. The maximum absolute atomic E-state index is 14.6. The minimum atomic E-state index is -4.03. The number of amides is 1. The van der Waals surface area contributed by atoms with E-state index in [2.05, 4.69) is 28.1 Å². The lowest BCUT2D eigenvalue weighted by molar-refractivity contribution is -0.120. The molecule has 0 bridgehead atoms. The van der Waals surface area contributed by atoms with Gasteiger partial charge in [0.05, 0.1) is 29.6 Å². The third-order valence-electron chi connectivity index (χ3n) is 8.57. The first kappa shape index (κ1) is 32.8. The molecule has 0 aliphatic carbocycles. The standard InChI is InChI=1S/C36H31BrN4O4S2/c37-29-15-13-26(14-16-29)23-40-34-18-17-32(47(43,44)41-19-7-10-30(41)24-45-31-11-5-2-6-12-31)20-33(34)36(35(40)42,28(21-38)22-39)46-25-27-8-3-1-4-9-27/h1-6,8-9,11-18,20,28,30H,7,10,19,23-25H2/t30-,36?/m0/s1. The van der Waals surface area contributed by atoms with Gasteiger partial charge < -0.3 is 9.64 Å². The van der Waals surface area contributed by atoms with Crippen LogP contribution in [0.25, 0.3) is 0 Å². The predicted molar refractivity (Wildman–Crippen MR) is 185 cm³/mol. The molecule has 8 nitrogen and oxygen atoms in total. The number of fused-ring (bicyclic) bond motifs is 1. The zero-order valence-corrected chi connectivity index (χ0v) is 28.5. The molecule has 2 aliphatic rings. The van der Waals surface area contributed by atoms with Gasteiger partial charge in [0.25, 0.3) is 5.91 Å². The van der Waals surface area contributed by atoms with Crippen molar-refractivity contribution in [1.29, 1.82) is 10.5 Å². The summed E-state index contributed by atoms with van der Waals surface area (Å²) >= 11 is 4.64. The largest absolute Gasteiger partial charge is 0.492 e. The Bertz CT molecular complexity index is 1930. The first-order chi connectivity index (χ1) is 22.8. The zero-order valence-electron chi connectivity index (χ0n) is 25.3. The molecule has 4 aromatic carbocycles. The molecule has 11 heteroatoms. The fraction of sp³-hybridized carbons (Fsp3) is 0.250. The van der Waals surface area contributed by atoms with Crippen molar-refractivity contribution in [3.63, 3.8) is 0 Å². The molecular formula is C36H31BrN4O4S2. The van der Waals surface area contributed by atoms with Gasteiger partial charge in [0.2, 0.25) is 10.0 Å². The molecule has 6 rings (SSSR count). The number of rotatable bonds is 11. The average molecular weight is 728 g/mol. The van der Waals surface area contributed by atoms with E-state index < -0.39 is 26.6 Å². The number of nitriles is 2. The summed E-state index contributed by atoms with van der Waals surface area (Å²) in [6.07, 6.45) is 1.34. The highest BCUT2D eigenvalue weighted by Crippen LogP contribution is 2.55. The molecular weight excluding hydrogens is 696 g/mol. The van der Waals surface area contributed by atoms with Gasteiger partial charge in [-0.3, -0.25) is 4.79 Å². The molecule has 1 amide bonds. The number of carbonyl (C=O) groups is 1. The predicted octanol–water partition coefficient (Wildman–Crippen LogP) is 7.02. The maximum Gasteiger partial charge on any atom is 0.250 e. The number of hydrogen-bond acceptors (Lipinski definition) is 7. The Hall–Kier alpha value is -4.13. The number of thioether (sulfide) groups is 1. The lowest BCUT2D eigenvalue weighted by Gasteiger charge is -2.29. The van der Waals surface area contributed by atoms with E-state index in [-0.39, 0.29) is 24.1 Å². The monoisotopic (exact) mass is 726 g/mol. The van der Waals surface area contributed by atoms with Gasteiger partial charge in [0.15, 0.2) is 10.7 Å². The topological polar surface area (TPSA) is 114 Å². The fourth-order valence-electron chi connectivity index (χ4n) is 6.18. The Balaban J connectivity index is 1.42. The van der Waals surface area contributed by atoms with E-state index >= 15 is 0 Å². The summed E-state index contributed by atoms with van der Waals surface area (Å²) in [7, 11) is -4.03. The Morgan fingerprint density at radius 3 is 2.30 bits per heavy atom. The van der Waals surface area contributed by atoms with Crippen LogP contribution in [0.15, 0.2) is 112 Å². The zero-order chi connectivity index (χ0) is 33.0. The van der Waals surface area contributed by atoms with E-state index in [9.17, 15) is 23.7 Å². The summed E-state index contributed by atoms with van der Waals surface area (Å²) in [5.41, 5.74) is 2.59. The quantitative estimate of drug-likeness (QED) is 0.163. The van der Waals surface area contributed by atoms with Gasteiger partial charge in [-0.25, -0.2) is 8.42 Å². The second-order valence-corrected chi connectivity index (χ2v) is 15.5. The van der Waals surface area contributed by atoms with Gasteiger partial charge in [-0.2, -0.15) is 14.8 Å². The Kier molecular flexibility index (Phi) is 9.72. The molecule has 4 aromatic rings. The van der Waals surface area contributed by atoms with E-state index in [1.54, 1.807) is 11.0 Å². The van der Waals surface area contributed by atoms with Crippen molar-refractivity contribution >= 4 is 49.3 Å². The van der Waals surface area contributed by atoms with E-state index in [0.717, 1.165) is 15.6 Å². The van der Waals surface area contributed by atoms with Crippen molar-refractivity contribution in [3.8, 4) is 17.9 Å². The third-order valence-corrected chi connectivity index (χ3v) is 12.6. The van der Waals surface area contributed by atoms with Gasteiger partial charge in [-0.05, 0) is 66.4 Å². The number of para-hydroxylation sites is 1. The van der Waals surface area contributed by atoms with Gasteiger partial charge in [-0.1, -0.05) is 76.6 Å². The van der Waals surface area contributed by atoms with Crippen LogP contribution in [0, 0.1) is 28.6 Å². The Labute approximate surface area is 287 Å². The molecule has 1 unspecified atom stereocenters. The SMILES string of the molecule is N#CC(C#N)C1(SCc2ccccc2)C(=O)N(Cc2ccc(Br)cc2)c2ccc(S(=O)(=O)N3CCC[C@H]3COc3ccccc3)cc21. The highest BCUT2D eigenvalue weighted by atomic mass is 79.9. The minimum Gasteiger partial charge on any atom is -0.492 e. The van der Waals surface area contributed by atoms with Crippen molar-refractivity contribution in [2.45, 2.75) is 40.8 Å². The van der Waals surface area contributed by atoms with Crippen molar-refractivity contribution in [2.24, 2.45) is 5.92 Å². The number of anilines is 1. The first-order valence-corrected chi connectivity index (χ1v) is 18.4. The second-order valence-electron chi connectivity index (χ2n) is 11.4. The average Bonchev–Trinajstić information content (AvgIpc) is 3.67. The number of nitrogens with zero attached hydrogens (tertiary/aromatic N) is 4. The second kappa shape index (κ2) is 13.9. The molecule has 2 atom stereocenters. The van der Waals surface area contributed by atoms with Gasteiger partial charge in [0.1, 0.15) is 12.4 Å². The highest BCUT2D eigenvalue weighted by Gasteiger charge is 2.57. The summed E-state index contributed by atoms with van der Waals surface area (Å²) in [4.78, 5) is 16.2. The fourth-order valence-corrected chi connectivity index (χ4v) is 9.57. The van der Waals surface area contributed by atoms with Crippen molar-refractivity contribution in [2.75, 3.05) is 18.1 Å². The number of carbonyl (C=O) groups excluding carboxylic acids is 1. The van der Waals surface area contributed by atoms with Crippen LogP contribution in [0.5, 0.6) is 5.75 Å². The van der Waals surface area contributed by atoms with Crippen molar-refractivity contribution < 1.29 is 17.9 Å². The summed E-state index contributed by atoms with van der Waals surface area (Å²) in [6, 6.07) is 34.8. The molecule has 0 aromatic heterocycles. The van der Waals surface area contributed by atoms with Crippen LogP contribution in [0.4, 0.5) is 5.69 Å². The summed E-state index contributed by atoms with van der Waals surface area (Å²) in [5.74, 6) is -0.804. The molecule has 238 valence electrons. The van der Waals surface area contributed by atoms with Crippen LogP contribution in [0.3, 0.4) is 0 Å². The van der Waals surface area contributed by atoms with Gasteiger partial charge in [0, 0.05) is 28.0 Å². The van der Waals surface area contributed by atoms with E-state index in [1.807, 2.05) is 84.9 Å². The molecule has 0 radical (unpaired) electrons. The van der Waals surface area contributed by atoms with Crippen LogP contribution in [-0.2, 0) is 31.9 Å². The van der Waals surface area contributed by atoms with Crippen LogP contribution < -0.4 is 9.64 Å². The first-order valence-electron chi connectivity index (χ1n) is 15.2. The van der Waals surface area contributed by atoms with Crippen LogP contribution in [-0.4, -0.2) is 37.8 Å².